The van der Waals surface area contributed by atoms with Crippen LogP contribution in [0.2, 0.25) is 5.02 Å². The van der Waals surface area contributed by atoms with Crippen molar-refractivity contribution in [3.8, 4) is 5.69 Å². The van der Waals surface area contributed by atoms with E-state index in [-0.39, 0.29) is 16.3 Å². The van der Waals surface area contributed by atoms with Crippen molar-refractivity contribution < 1.29 is 14.8 Å². The maximum Gasteiger partial charge on any atom is 0.335 e. The van der Waals surface area contributed by atoms with Crippen molar-refractivity contribution >= 4 is 35.2 Å². The van der Waals surface area contributed by atoms with Gasteiger partial charge in [0.2, 0.25) is 0 Å². The topological polar surface area (TPSA) is 97.7 Å². The number of aliphatic imine (C=N–C) groups is 1. The molecule has 7 nitrogen and oxygen atoms in total. The van der Waals surface area contributed by atoms with Gasteiger partial charge in [-0.15, -0.1) is 0 Å². The Morgan fingerprint density at radius 2 is 1.92 bits per heavy atom. The van der Waals surface area contributed by atoms with Crippen LogP contribution in [0.1, 0.15) is 16.1 Å². The minimum atomic E-state index is -0.991. The first-order valence-electron chi connectivity index (χ1n) is 7.45. The Morgan fingerprint density at radius 1 is 1.19 bits per heavy atom. The normalized spacial score (nSPS) is 11.0. The highest BCUT2D eigenvalue weighted by Gasteiger charge is 2.12. The van der Waals surface area contributed by atoms with E-state index < -0.39 is 10.9 Å². The summed E-state index contributed by atoms with van der Waals surface area (Å²) >= 11 is 5.79. The van der Waals surface area contributed by atoms with Crippen LogP contribution in [0.25, 0.3) is 5.69 Å². The Balaban J connectivity index is 1.89. The number of hydrogen-bond acceptors (Lipinski definition) is 4. The Kier molecular flexibility index (Phi) is 4.81. The minimum Gasteiger partial charge on any atom is -0.478 e. The van der Waals surface area contributed by atoms with Gasteiger partial charge in [-0.3, -0.25) is 15.1 Å². The van der Waals surface area contributed by atoms with Crippen LogP contribution in [0.4, 0.5) is 11.4 Å². The SMILES string of the molecule is O=C(O)c1ccc(-n2cccc2C=Nc2ccc(Cl)c([N+](=O)[O-])c2)cc1. The maximum atomic E-state index is 10.9. The zero-order valence-electron chi connectivity index (χ0n) is 13.2. The van der Waals surface area contributed by atoms with Gasteiger partial charge in [0.05, 0.1) is 28.1 Å². The number of aromatic nitrogens is 1. The third kappa shape index (κ3) is 3.62. The molecule has 3 aromatic rings. The summed E-state index contributed by atoms with van der Waals surface area (Å²) in [5.74, 6) is -0.991. The van der Waals surface area contributed by atoms with Gasteiger partial charge in [-0.1, -0.05) is 11.6 Å². The first-order valence-corrected chi connectivity index (χ1v) is 7.82. The molecule has 0 bridgehead atoms. The number of aromatic carboxylic acids is 1. The number of carboxylic acids is 1. The maximum absolute atomic E-state index is 10.9. The van der Waals surface area contributed by atoms with Gasteiger partial charge >= 0.3 is 5.97 Å². The second kappa shape index (κ2) is 7.20. The van der Waals surface area contributed by atoms with Gasteiger partial charge in [0.25, 0.3) is 5.69 Å². The smallest absolute Gasteiger partial charge is 0.335 e. The lowest BCUT2D eigenvalue weighted by Gasteiger charge is -2.06. The van der Waals surface area contributed by atoms with Crippen molar-refractivity contribution in [2.45, 2.75) is 0 Å². The molecule has 0 saturated carbocycles. The summed E-state index contributed by atoms with van der Waals surface area (Å²) in [6, 6.07) is 14.4. The lowest BCUT2D eigenvalue weighted by atomic mass is 10.2. The van der Waals surface area contributed by atoms with E-state index in [1.165, 1.54) is 24.3 Å². The number of halogens is 1. The summed E-state index contributed by atoms with van der Waals surface area (Å²) in [5.41, 5.74) is 1.88. The lowest BCUT2D eigenvalue weighted by Crippen LogP contribution is -2.00. The van der Waals surface area contributed by atoms with Gasteiger partial charge in [0, 0.05) is 18.0 Å². The van der Waals surface area contributed by atoms with Gasteiger partial charge in [-0.2, -0.15) is 0 Å². The molecule has 0 fully saturated rings. The zero-order chi connectivity index (χ0) is 18.7. The summed E-state index contributed by atoms with van der Waals surface area (Å²) in [6.45, 7) is 0. The van der Waals surface area contributed by atoms with Crippen molar-refractivity contribution in [1.82, 2.24) is 4.57 Å². The Labute approximate surface area is 153 Å². The van der Waals surface area contributed by atoms with Crippen LogP contribution in [0.15, 0.2) is 65.8 Å². The molecule has 0 aliphatic heterocycles. The molecular weight excluding hydrogens is 358 g/mol. The summed E-state index contributed by atoms with van der Waals surface area (Å²) in [7, 11) is 0. The molecule has 1 heterocycles. The molecule has 26 heavy (non-hydrogen) atoms. The van der Waals surface area contributed by atoms with E-state index in [9.17, 15) is 14.9 Å². The van der Waals surface area contributed by atoms with E-state index in [1.807, 2.05) is 16.7 Å². The molecule has 130 valence electrons. The average Bonchev–Trinajstić information content (AvgIpc) is 3.09. The Hall–Kier alpha value is -3.45. The van der Waals surface area contributed by atoms with Crippen LogP contribution in [0.5, 0.6) is 0 Å². The third-order valence-electron chi connectivity index (χ3n) is 3.65. The molecular formula is C18H12ClN3O4. The second-order valence-electron chi connectivity index (χ2n) is 5.31. The molecule has 1 aromatic heterocycles. The monoisotopic (exact) mass is 369 g/mol. The fraction of sp³-hybridized carbons (Fsp3) is 0. The summed E-state index contributed by atoms with van der Waals surface area (Å²) in [4.78, 5) is 25.6. The van der Waals surface area contributed by atoms with Crippen molar-refractivity contribution in [2.75, 3.05) is 0 Å². The average molecular weight is 370 g/mol. The van der Waals surface area contributed by atoms with Crippen molar-refractivity contribution in [1.29, 1.82) is 0 Å². The third-order valence-corrected chi connectivity index (χ3v) is 3.96. The minimum absolute atomic E-state index is 0.0517. The van der Waals surface area contributed by atoms with Crippen LogP contribution in [-0.2, 0) is 0 Å². The highest BCUT2D eigenvalue weighted by atomic mass is 35.5. The summed E-state index contributed by atoms with van der Waals surface area (Å²) in [6.07, 6.45) is 3.37. The molecule has 0 aliphatic rings. The van der Waals surface area contributed by atoms with Gasteiger partial charge < -0.3 is 9.67 Å². The van der Waals surface area contributed by atoms with Crippen LogP contribution < -0.4 is 0 Å². The predicted molar refractivity (Wildman–Crippen MR) is 98.1 cm³/mol. The van der Waals surface area contributed by atoms with Crippen LogP contribution in [0, 0.1) is 10.1 Å². The first-order chi connectivity index (χ1) is 12.5. The van der Waals surface area contributed by atoms with E-state index in [1.54, 1.807) is 30.6 Å². The number of hydrogen-bond donors (Lipinski definition) is 1. The van der Waals surface area contributed by atoms with Gasteiger partial charge in [-0.05, 0) is 48.5 Å². The molecule has 0 unspecified atom stereocenters. The van der Waals surface area contributed by atoms with E-state index in [4.69, 9.17) is 16.7 Å². The number of rotatable bonds is 5. The number of carbonyl (C=O) groups is 1. The number of nitro benzene ring substituents is 1. The molecule has 2 aromatic carbocycles. The largest absolute Gasteiger partial charge is 0.478 e. The quantitative estimate of drug-likeness (QED) is 0.407. The summed E-state index contributed by atoms with van der Waals surface area (Å²) < 4.78 is 1.82. The lowest BCUT2D eigenvalue weighted by molar-refractivity contribution is -0.384. The molecule has 0 radical (unpaired) electrons. The van der Waals surface area contributed by atoms with Crippen molar-refractivity contribution in [3.63, 3.8) is 0 Å². The van der Waals surface area contributed by atoms with Crippen LogP contribution in [0.3, 0.4) is 0 Å². The molecule has 8 heteroatoms. The molecule has 0 atom stereocenters. The Bertz CT molecular complexity index is 1010. The van der Waals surface area contributed by atoms with E-state index >= 15 is 0 Å². The van der Waals surface area contributed by atoms with E-state index in [0.29, 0.717) is 5.69 Å². The highest BCUT2D eigenvalue weighted by molar-refractivity contribution is 6.32. The molecule has 0 spiro atoms. The summed E-state index contributed by atoms with van der Waals surface area (Å²) in [5, 5.41) is 20.0. The molecule has 0 saturated heterocycles. The number of nitrogens with zero attached hydrogens (tertiary/aromatic N) is 3. The van der Waals surface area contributed by atoms with Gasteiger partial charge in [-0.25, -0.2) is 4.79 Å². The van der Waals surface area contributed by atoms with Gasteiger partial charge in [0.1, 0.15) is 5.02 Å². The van der Waals surface area contributed by atoms with Crippen LogP contribution >= 0.6 is 11.6 Å². The standard InChI is InChI=1S/C18H12ClN3O4/c19-16-8-5-13(10-17(16)22(25)26)20-11-15-2-1-9-21(15)14-6-3-12(4-7-14)18(23)24/h1-11H,(H,23,24). The highest BCUT2D eigenvalue weighted by Crippen LogP contribution is 2.28. The number of carboxylic acid groups (broad SMARTS) is 1. The van der Waals surface area contributed by atoms with E-state index in [0.717, 1.165) is 11.4 Å². The fourth-order valence-corrected chi connectivity index (χ4v) is 2.55. The Morgan fingerprint density at radius 3 is 2.58 bits per heavy atom. The molecule has 0 aliphatic carbocycles. The zero-order valence-corrected chi connectivity index (χ0v) is 14.0. The molecule has 3 rings (SSSR count). The van der Waals surface area contributed by atoms with Crippen molar-refractivity contribution in [2.24, 2.45) is 4.99 Å². The molecule has 1 N–H and O–H groups in total. The fourth-order valence-electron chi connectivity index (χ4n) is 2.36. The first kappa shape index (κ1) is 17.4. The number of benzene rings is 2. The number of nitro groups is 1. The van der Waals surface area contributed by atoms with Crippen LogP contribution in [-0.4, -0.2) is 26.8 Å². The predicted octanol–water partition coefficient (Wildman–Crippen LogP) is 4.49. The second-order valence-corrected chi connectivity index (χ2v) is 5.71. The van der Waals surface area contributed by atoms with Gasteiger partial charge in [0.15, 0.2) is 0 Å². The van der Waals surface area contributed by atoms with Crippen molar-refractivity contribution in [3.05, 3.63) is 87.2 Å². The molecule has 0 amide bonds. The van der Waals surface area contributed by atoms with E-state index in [2.05, 4.69) is 4.99 Å².